The second-order valence-corrected chi connectivity index (χ2v) is 7.44. The maximum Gasteiger partial charge on any atom is 0.251 e. The lowest BCUT2D eigenvalue weighted by molar-refractivity contribution is -0.141. The molecule has 1 unspecified atom stereocenters. The molecule has 7 heteroatoms. The normalized spacial score (nSPS) is 16.0. The van der Waals surface area contributed by atoms with E-state index >= 15 is 0 Å². The van der Waals surface area contributed by atoms with Crippen LogP contribution < -0.4 is 5.32 Å². The van der Waals surface area contributed by atoms with Crippen LogP contribution in [0, 0.1) is 5.92 Å². The molecule has 2 amide bonds. The molecule has 150 valence electrons. The summed E-state index contributed by atoms with van der Waals surface area (Å²) in [6.07, 6.45) is 0.202. The number of piperidine rings is 1. The van der Waals surface area contributed by atoms with Gasteiger partial charge in [0.15, 0.2) is 0 Å². The number of benzene rings is 2. The van der Waals surface area contributed by atoms with Crippen molar-refractivity contribution in [1.82, 2.24) is 14.9 Å². The summed E-state index contributed by atoms with van der Waals surface area (Å²) >= 11 is 0. The fraction of sp³-hybridized carbons (Fsp3) is 0.318. The summed E-state index contributed by atoms with van der Waals surface area (Å²) in [5, 5.41) is 12.4. The molecule has 1 fully saturated rings. The van der Waals surface area contributed by atoms with E-state index in [9.17, 15) is 14.7 Å². The number of H-pyrrole nitrogens is 1. The zero-order chi connectivity index (χ0) is 20.4. The molecule has 3 N–H and O–H groups in total. The highest BCUT2D eigenvalue weighted by molar-refractivity contribution is 5.93. The molecule has 1 atom stereocenters. The number of amides is 2. The van der Waals surface area contributed by atoms with Crippen LogP contribution in [0.1, 0.15) is 19.8 Å². The first-order valence-corrected chi connectivity index (χ1v) is 9.84. The number of imidazole rings is 1. The number of hydrogen-bond donors (Lipinski definition) is 3. The Labute approximate surface area is 168 Å². The lowest BCUT2D eigenvalue weighted by atomic mass is 9.95. The van der Waals surface area contributed by atoms with Gasteiger partial charge in [-0.05, 0) is 56.2 Å². The Morgan fingerprint density at radius 1 is 1.14 bits per heavy atom. The topological polar surface area (TPSA) is 98.3 Å². The standard InChI is InChI=1S/C22H24N4O3/c1-14(27)22(29)26-12-10-16(11-13-26)21(28)23-17-8-6-15(7-9-17)20-24-18-4-2-3-5-19(18)25-20/h2-9,14,16,27H,10-13H2,1H3,(H,23,28)(H,24,25). The summed E-state index contributed by atoms with van der Waals surface area (Å²) in [5.74, 6) is 0.345. The van der Waals surface area contributed by atoms with Crippen LogP contribution in [0.2, 0.25) is 0 Å². The molecule has 1 aromatic heterocycles. The SMILES string of the molecule is CC(O)C(=O)N1CCC(C(=O)Nc2ccc(-c3nc4ccccc4[nH]3)cc2)CC1. The van der Waals surface area contributed by atoms with Crippen molar-refractivity contribution in [2.45, 2.75) is 25.9 Å². The minimum Gasteiger partial charge on any atom is -0.384 e. The number of aromatic amines is 1. The third-order valence-corrected chi connectivity index (χ3v) is 5.35. The number of aliphatic hydroxyl groups is 1. The average molecular weight is 392 g/mol. The lowest BCUT2D eigenvalue weighted by Crippen LogP contribution is -2.44. The van der Waals surface area contributed by atoms with E-state index in [-0.39, 0.29) is 17.7 Å². The minimum absolute atomic E-state index is 0.0365. The Balaban J connectivity index is 1.36. The zero-order valence-electron chi connectivity index (χ0n) is 16.3. The number of rotatable bonds is 4. The summed E-state index contributed by atoms with van der Waals surface area (Å²) in [4.78, 5) is 33.9. The Hall–Kier alpha value is -3.19. The van der Waals surface area contributed by atoms with Crippen molar-refractivity contribution in [2.24, 2.45) is 5.92 Å². The average Bonchev–Trinajstić information content (AvgIpc) is 3.18. The predicted molar refractivity (Wildman–Crippen MR) is 111 cm³/mol. The van der Waals surface area contributed by atoms with E-state index in [0.717, 1.165) is 28.1 Å². The number of hydrogen-bond acceptors (Lipinski definition) is 4. The molecular formula is C22H24N4O3. The lowest BCUT2D eigenvalue weighted by Gasteiger charge is -2.32. The van der Waals surface area contributed by atoms with Gasteiger partial charge >= 0.3 is 0 Å². The molecule has 1 saturated heterocycles. The van der Waals surface area contributed by atoms with Gasteiger partial charge in [0.2, 0.25) is 5.91 Å². The van der Waals surface area contributed by atoms with Gasteiger partial charge in [0.05, 0.1) is 11.0 Å². The number of carbonyl (C=O) groups is 2. The fourth-order valence-corrected chi connectivity index (χ4v) is 3.67. The van der Waals surface area contributed by atoms with Crippen LogP contribution in [0.3, 0.4) is 0 Å². The maximum absolute atomic E-state index is 12.6. The molecule has 2 aromatic carbocycles. The first-order valence-electron chi connectivity index (χ1n) is 9.84. The van der Waals surface area contributed by atoms with Gasteiger partial charge in [-0.15, -0.1) is 0 Å². The van der Waals surface area contributed by atoms with Gasteiger partial charge in [0.1, 0.15) is 11.9 Å². The third-order valence-electron chi connectivity index (χ3n) is 5.35. The van der Waals surface area contributed by atoms with Gasteiger partial charge in [-0.2, -0.15) is 0 Å². The number of likely N-dealkylation sites (tertiary alicyclic amines) is 1. The maximum atomic E-state index is 12.6. The minimum atomic E-state index is -0.995. The predicted octanol–water partition coefficient (Wildman–Crippen LogP) is 2.79. The fourth-order valence-electron chi connectivity index (χ4n) is 3.67. The van der Waals surface area contributed by atoms with E-state index in [1.165, 1.54) is 6.92 Å². The number of para-hydroxylation sites is 2. The van der Waals surface area contributed by atoms with Crippen LogP contribution in [-0.2, 0) is 9.59 Å². The second kappa shape index (κ2) is 8.05. The van der Waals surface area contributed by atoms with E-state index in [2.05, 4.69) is 15.3 Å². The molecule has 0 aliphatic carbocycles. The van der Waals surface area contributed by atoms with Crippen molar-refractivity contribution in [3.63, 3.8) is 0 Å². The van der Waals surface area contributed by atoms with Gasteiger partial charge in [0, 0.05) is 30.3 Å². The number of nitrogens with one attached hydrogen (secondary N) is 2. The van der Waals surface area contributed by atoms with Gasteiger partial charge in [0.25, 0.3) is 5.91 Å². The molecule has 1 aliphatic heterocycles. The first-order chi connectivity index (χ1) is 14.0. The molecule has 0 bridgehead atoms. The van der Waals surface area contributed by atoms with Crippen molar-refractivity contribution in [3.8, 4) is 11.4 Å². The molecule has 0 saturated carbocycles. The Bertz CT molecular complexity index is 985. The van der Waals surface area contributed by atoms with E-state index in [4.69, 9.17) is 0 Å². The Morgan fingerprint density at radius 3 is 2.48 bits per heavy atom. The summed E-state index contributed by atoms with van der Waals surface area (Å²) in [5.41, 5.74) is 3.59. The molecule has 7 nitrogen and oxygen atoms in total. The van der Waals surface area contributed by atoms with Crippen LogP contribution in [0.4, 0.5) is 5.69 Å². The van der Waals surface area contributed by atoms with Gasteiger partial charge in [-0.25, -0.2) is 4.98 Å². The molecule has 2 heterocycles. The zero-order valence-corrected chi connectivity index (χ0v) is 16.3. The van der Waals surface area contributed by atoms with Crippen molar-refractivity contribution >= 4 is 28.5 Å². The first kappa shape index (κ1) is 19.1. The Morgan fingerprint density at radius 2 is 1.83 bits per heavy atom. The van der Waals surface area contributed by atoms with Crippen LogP contribution >= 0.6 is 0 Å². The molecule has 3 aromatic rings. The molecule has 4 rings (SSSR count). The van der Waals surface area contributed by atoms with E-state index in [1.54, 1.807) is 4.90 Å². The van der Waals surface area contributed by atoms with Crippen LogP contribution in [0.5, 0.6) is 0 Å². The smallest absolute Gasteiger partial charge is 0.251 e. The van der Waals surface area contributed by atoms with Crippen LogP contribution in [0.25, 0.3) is 22.4 Å². The Kier molecular flexibility index (Phi) is 5.31. The number of aromatic nitrogens is 2. The highest BCUT2D eigenvalue weighted by Crippen LogP contribution is 2.24. The summed E-state index contributed by atoms with van der Waals surface area (Å²) < 4.78 is 0. The number of nitrogens with zero attached hydrogens (tertiary/aromatic N) is 2. The van der Waals surface area contributed by atoms with Crippen molar-refractivity contribution in [3.05, 3.63) is 48.5 Å². The molecule has 1 aliphatic rings. The highest BCUT2D eigenvalue weighted by Gasteiger charge is 2.28. The number of fused-ring (bicyclic) bond motifs is 1. The summed E-state index contributed by atoms with van der Waals surface area (Å²) in [7, 11) is 0. The highest BCUT2D eigenvalue weighted by atomic mass is 16.3. The van der Waals surface area contributed by atoms with E-state index < -0.39 is 6.10 Å². The van der Waals surface area contributed by atoms with Gasteiger partial charge < -0.3 is 20.3 Å². The quantitative estimate of drug-likeness (QED) is 0.636. The molecule has 29 heavy (non-hydrogen) atoms. The molecule has 0 radical (unpaired) electrons. The summed E-state index contributed by atoms with van der Waals surface area (Å²) in [6, 6.07) is 15.5. The molecular weight excluding hydrogens is 368 g/mol. The third kappa shape index (κ3) is 4.14. The van der Waals surface area contributed by atoms with E-state index in [0.29, 0.717) is 25.9 Å². The van der Waals surface area contributed by atoms with Gasteiger partial charge in [-0.3, -0.25) is 9.59 Å². The van der Waals surface area contributed by atoms with Crippen LogP contribution in [-0.4, -0.2) is 51.0 Å². The number of anilines is 1. The number of carbonyl (C=O) groups excluding carboxylic acids is 2. The molecule has 0 spiro atoms. The van der Waals surface area contributed by atoms with Crippen molar-refractivity contribution in [1.29, 1.82) is 0 Å². The van der Waals surface area contributed by atoms with E-state index in [1.807, 2.05) is 48.5 Å². The van der Waals surface area contributed by atoms with Crippen LogP contribution in [0.15, 0.2) is 48.5 Å². The van der Waals surface area contributed by atoms with Crippen molar-refractivity contribution < 1.29 is 14.7 Å². The number of aliphatic hydroxyl groups excluding tert-OH is 1. The van der Waals surface area contributed by atoms with Crippen molar-refractivity contribution in [2.75, 3.05) is 18.4 Å². The van der Waals surface area contributed by atoms with Gasteiger partial charge in [-0.1, -0.05) is 12.1 Å². The largest absolute Gasteiger partial charge is 0.384 e. The second-order valence-electron chi connectivity index (χ2n) is 7.44. The summed E-state index contributed by atoms with van der Waals surface area (Å²) in [6.45, 7) is 2.45. The monoisotopic (exact) mass is 392 g/mol.